The number of ether oxygens (including phenoxy) is 3. The van der Waals surface area contributed by atoms with Crippen molar-refractivity contribution in [2.75, 3.05) is 7.11 Å². The summed E-state index contributed by atoms with van der Waals surface area (Å²) in [4.78, 5) is 56.0. The molecule has 0 amide bonds. The number of hydrogen-bond donors (Lipinski definition) is 0. The van der Waals surface area contributed by atoms with Crippen LogP contribution < -0.4 is 4.74 Å². The summed E-state index contributed by atoms with van der Waals surface area (Å²) < 4.78 is 31.9. The Morgan fingerprint density at radius 1 is 0.647 bits per heavy atom. The third-order valence-electron chi connectivity index (χ3n) is 13.9. The molecule has 0 heterocycles. The van der Waals surface area contributed by atoms with E-state index >= 15 is 0 Å². The molecule has 0 N–H and O–H groups in total. The van der Waals surface area contributed by atoms with Gasteiger partial charge in [0.1, 0.15) is 0 Å². The number of carbonyl (C=O) groups is 4. The number of methoxy groups -OCH3 is 1. The zero-order chi connectivity index (χ0) is 36.6. The second-order valence-electron chi connectivity index (χ2n) is 18.7. The van der Waals surface area contributed by atoms with E-state index in [4.69, 9.17) is 20.3 Å². The maximum absolute atomic E-state index is 14.6. The average molecular weight is 821 g/mol. The molecule has 0 spiro atoms. The SMILES string of the molecule is CCC(C)(C)C(=O)OC12CC3CC(C1)CC(C(=O)OI(OC(=O)C14CC5CC(CC(OC(=O)C(C)(C)CC)(C5)C1)C4)c1ccc(OC)cc1)(C3)C2. The maximum atomic E-state index is 14.6. The van der Waals surface area contributed by atoms with Crippen molar-refractivity contribution in [1.82, 2.24) is 0 Å². The van der Waals surface area contributed by atoms with Gasteiger partial charge in [-0.3, -0.25) is 0 Å². The van der Waals surface area contributed by atoms with Crippen LogP contribution in [0.2, 0.25) is 0 Å². The Labute approximate surface area is 311 Å². The molecular weight excluding hydrogens is 763 g/mol. The summed E-state index contributed by atoms with van der Waals surface area (Å²) in [5, 5.41) is 0. The van der Waals surface area contributed by atoms with E-state index in [1.165, 1.54) is 0 Å². The molecule has 10 heteroatoms. The molecule has 282 valence electrons. The molecule has 1 aromatic rings. The molecule has 9 rings (SSSR count). The van der Waals surface area contributed by atoms with Crippen LogP contribution in [0.1, 0.15) is 131 Å². The molecule has 4 unspecified atom stereocenters. The molecule has 0 saturated heterocycles. The molecular formula is C41H57IO9. The van der Waals surface area contributed by atoms with Gasteiger partial charge in [0.05, 0.1) is 0 Å². The van der Waals surface area contributed by atoms with Crippen molar-refractivity contribution >= 4 is 44.5 Å². The van der Waals surface area contributed by atoms with Gasteiger partial charge in [-0.25, -0.2) is 0 Å². The standard InChI is InChI=1S/C41H57IO9/c1-8-36(3,4)32(43)48-40-20-26-14-27(21-40)17-38(16-26,24-40)34(45)50-42(30-10-12-31(47-7)13-11-30)51-35(46)39-18-28-15-29(19-39)23-41(22-28,25-39)49-33(44)37(5,6)9-2/h10-13,26-29H,8-9,14-25H2,1-7H3. The van der Waals surface area contributed by atoms with Crippen LogP contribution in [0.15, 0.2) is 24.3 Å². The number of hydrogen-bond acceptors (Lipinski definition) is 9. The number of carbonyl (C=O) groups excluding carboxylic acids is 4. The monoisotopic (exact) mass is 820 g/mol. The number of benzene rings is 1. The van der Waals surface area contributed by atoms with E-state index in [1.54, 1.807) is 7.11 Å². The van der Waals surface area contributed by atoms with Crippen molar-refractivity contribution in [2.45, 2.75) is 143 Å². The molecule has 8 aliphatic rings. The Kier molecular flexibility index (Phi) is 9.34. The van der Waals surface area contributed by atoms with Crippen molar-refractivity contribution in [1.29, 1.82) is 0 Å². The summed E-state index contributed by atoms with van der Waals surface area (Å²) in [5.74, 6) is 0.748. The summed E-state index contributed by atoms with van der Waals surface area (Å²) in [5.41, 5.74) is -4.09. The van der Waals surface area contributed by atoms with Gasteiger partial charge in [-0.1, -0.05) is 0 Å². The van der Waals surface area contributed by atoms with Crippen LogP contribution in [0.5, 0.6) is 5.75 Å². The Morgan fingerprint density at radius 2 is 1.02 bits per heavy atom. The molecule has 4 atom stereocenters. The van der Waals surface area contributed by atoms with Gasteiger partial charge in [0.15, 0.2) is 0 Å². The Bertz CT molecular complexity index is 1440. The van der Waals surface area contributed by atoms with Crippen molar-refractivity contribution < 1.29 is 39.5 Å². The van der Waals surface area contributed by atoms with E-state index in [-0.39, 0.29) is 47.5 Å². The van der Waals surface area contributed by atoms with Gasteiger partial charge in [-0.15, -0.1) is 0 Å². The third kappa shape index (κ3) is 6.70. The topological polar surface area (TPSA) is 114 Å². The average Bonchev–Trinajstić information content (AvgIpc) is 3.06. The van der Waals surface area contributed by atoms with Gasteiger partial charge in [0, 0.05) is 0 Å². The van der Waals surface area contributed by atoms with E-state index in [0.29, 0.717) is 60.7 Å². The van der Waals surface area contributed by atoms with Crippen LogP contribution in [0.25, 0.3) is 0 Å². The molecule has 8 bridgehead atoms. The van der Waals surface area contributed by atoms with Gasteiger partial charge in [-0.05, 0) is 0 Å². The molecule has 0 aliphatic heterocycles. The zero-order valence-electron chi connectivity index (χ0n) is 31.6. The van der Waals surface area contributed by atoms with E-state index < -0.39 is 53.5 Å². The van der Waals surface area contributed by atoms with Crippen molar-refractivity contribution in [2.24, 2.45) is 45.3 Å². The van der Waals surface area contributed by atoms with Crippen LogP contribution >= 0.6 is 20.6 Å². The van der Waals surface area contributed by atoms with E-state index in [9.17, 15) is 19.2 Å². The first-order valence-electron chi connectivity index (χ1n) is 19.2. The van der Waals surface area contributed by atoms with E-state index in [1.807, 2.05) is 65.8 Å². The minimum absolute atomic E-state index is 0.201. The normalized spacial score (nSPS) is 36.3. The van der Waals surface area contributed by atoms with Gasteiger partial charge in [-0.2, -0.15) is 0 Å². The first-order chi connectivity index (χ1) is 24.0. The first-order valence-corrected chi connectivity index (χ1v) is 22.1. The second kappa shape index (κ2) is 12.9. The van der Waals surface area contributed by atoms with Gasteiger partial charge in [0.2, 0.25) is 0 Å². The quantitative estimate of drug-likeness (QED) is 0.151. The molecule has 8 fully saturated rings. The van der Waals surface area contributed by atoms with Crippen LogP contribution in [-0.4, -0.2) is 42.2 Å². The summed E-state index contributed by atoms with van der Waals surface area (Å²) in [6.45, 7) is 11.7. The minimum atomic E-state index is -3.38. The molecule has 8 aliphatic carbocycles. The number of halogens is 1. The molecule has 9 nitrogen and oxygen atoms in total. The summed E-state index contributed by atoms with van der Waals surface area (Å²) in [6.07, 6.45) is 10.3. The summed E-state index contributed by atoms with van der Waals surface area (Å²) in [7, 11) is 1.60. The van der Waals surface area contributed by atoms with Crippen LogP contribution in [-0.2, 0) is 34.8 Å². The third-order valence-corrected chi connectivity index (χ3v) is 17.2. The Balaban J connectivity index is 1.14. The molecule has 0 aromatic heterocycles. The fourth-order valence-electron chi connectivity index (χ4n) is 11.1. The Hall–Kier alpha value is -2.37. The number of esters is 2. The fourth-order valence-corrected chi connectivity index (χ4v) is 14.3. The van der Waals surface area contributed by atoms with Gasteiger partial charge >= 0.3 is 313 Å². The fraction of sp³-hybridized carbons (Fsp3) is 0.756. The predicted octanol–water partition coefficient (Wildman–Crippen LogP) is 8.92. The van der Waals surface area contributed by atoms with Crippen LogP contribution in [0.4, 0.5) is 0 Å². The summed E-state index contributed by atoms with van der Waals surface area (Å²) >= 11 is -3.38. The van der Waals surface area contributed by atoms with Crippen molar-refractivity contribution in [3.05, 3.63) is 27.8 Å². The second-order valence-corrected chi connectivity index (χ2v) is 22.1. The predicted molar refractivity (Wildman–Crippen MR) is 198 cm³/mol. The molecule has 0 radical (unpaired) electrons. The summed E-state index contributed by atoms with van der Waals surface area (Å²) in [6, 6.07) is 7.31. The van der Waals surface area contributed by atoms with E-state index in [0.717, 1.165) is 38.5 Å². The molecule has 8 saturated carbocycles. The van der Waals surface area contributed by atoms with Crippen molar-refractivity contribution in [3.8, 4) is 5.75 Å². The molecule has 1 aromatic carbocycles. The zero-order valence-corrected chi connectivity index (χ0v) is 33.7. The Morgan fingerprint density at radius 3 is 1.35 bits per heavy atom. The molecule has 51 heavy (non-hydrogen) atoms. The van der Waals surface area contributed by atoms with Gasteiger partial charge in [0.25, 0.3) is 0 Å². The number of rotatable bonds is 12. The van der Waals surface area contributed by atoms with Gasteiger partial charge < -0.3 is 0 Å². The first kappa shape index (κ1) is 37.0. The van der Waals surface area contributed by atoms with Crippen LogP contribution in [0.3, 0.4) is 0 Å². The van der Waals surface area contributed by atoms with Crippen LogP contribution in [0, 0.1) is 48.9 Å². The van der Waals surface area contributed by atoms with E-state index in [2.05, 4.69) is 0 Å². The van der Waals surface area contributed by atoms with Crippen molar-refractivity contribution in [3.63, 3.8) is 0 Å².